The fraction of sp³-hybridized carbons (Fsp3) is 0.850. The van der Waals surface area contributed by atoms with E-state index in [2.05, 4.69) is 19.9 Å². The number of carbonyl (C=O) groups excluding carboxylic acids is 2. The van der Waals surface area contributed by atoms with Crippen LogP contribution in [0.2, 0.25) is 0 Å². The maximum absolute atomic E-state index is 12.4. The van der Waals surface area contributed by atoms with E-state index in [4.69, 9.17) is 0 Å². The number of nitriles is 1. The zero-order valence-electron chi connectivity index (χ0n) is 14.4. The number of ketones is 2. The Labute approximate surface area is 138 Å². The lowest BCUT2D eigenvalue weighted by Crippen LogP contribution is -2.58. The van der Waals surface area contributed by atoms with Crippen LogP contribution in [-0.4, -0.2) is 11.6 Å². The molecular weight excluding hydrogens is 286 g/mol. The van der Waals surface area contributed by atoms with Crippen LogP contribution in [0.5, 0.6) is 0 Å². The molecule has 0 heterocycles. The first kappa shape index (κ1) is 15.4. The second-order valence-corrected chi connectivity index (χ2v) is 9.16. The highest BCUT2D eigenvalue weighted by Crippen LogP contribution is 2.68. The van der Waals surface area contributed by atoms with E-state index in [9.17, 15) is 14.9 Å². The van der Waals surface area contributed by atoms with Gasteiger partial charge in [0.25, 0.3) is 0 Å². The van der Waals surface area contributed by atoms with E-state index in [0.29, 0.717) is 36.4 Å². The van der Waals surface area contributed by atoms with Crippen molar-refractivity contribution in [1.29, 1.82) is 5.26 Å². The van der Waals surface area contributed by atoms with Gasteiger partial charge in [0.05, 0.1) is 11.5 Å². The molecule has 3 heteroatoms. The van der Waals surface area contributed by atoms with E-state index >= 15 is 0 Å². The molecule has 4 aliphatic carbocycles. The largest absolute Gasteiger partial charge is 0.300 e. The van der Waals surface area contributed by atoms with Crippen LogP contribution in [0.1, 0.15) is 71.6 Å². The van der Waals surface area contributed by atoms with Crippen molar-refractivity contribution < 1.29 is 9.59 Å². The molecule has 0 bridgehead atoms. The molecule has 0 spiro atoms. The number of Topliss-reactive ketones (excluding diaryl/α,β-unsaturated/α-hetero) is 2. The van der Waals surface area contributed by atoms with Gasteiger partial charge in [-0.1, -0.05) is 13.8 Å². The highest BCUT2D eigenvalue weighted by Gasteiger charge is 2.65. The molecule has 124 valence electrons. The molecule has 6 atom stereocenters. The summed E-state index contributed by atoms with van der Waals surface area (Å²) in [5, 5.41) is 9.97. The lowest BCUT2D eigenvalue weighted by atomic mass is 9.40. The average Bonchev–Trinajstić information content (AvgIpc) is 2.84. The van der Waals surface area contributed by atoms with Crippen LogP contribution in [0.15, 0.2) is 0 Å². The van der Waals surface area contributed by atoms with Crippen molar-refractivity contribution in [3.05, 3.63) is 0 Å². The Bertz CT molecular complexity index is 620. The van der Waals surface area contributed by atoms with Crippen LogP contribution in [0.3, 0.4) is 0 Å². The smallest absolute Gasteiger partial charge is 0.139 e. The molecule has 4 aliphatic rings. The van der Waals surface area contributed by atoms with E-state index < -0.39 is 5.41 Å². The summed E-state index contributed by atoms with van der Waals surface area (Å²) in [5.41, 5.74) is -0.583. The van der Waals surface area contributed by atoms with Gasteiger partial charge in [0, 0.05) is 24.7 Å². The molecule has 0 radical (unpaired) electrons. The van der Waals surface area contributed by atoms with Crippen LogP contribution >= 0.6 is 0 Å². The highest BCUT2D eigenvalue weighted by atomic mass is 16.1. The normalized spacial score (nSPS) is 52.3. The van der Waals surface area contributed by atoms with Crippen molar-refractivity contribution in [2.45, 2.75) is 71.6 Å². The molecule has 4 fully saturated rings. The quantitative estimate of drug-likeness (QED) is 0.677. The van der Waals surface area contributed by atoms with Crippen LogP contribution in [0, 0.1) is 45.3 Å². The van der Waals surface area contributed by atoms with E-state index in [1.54, 1.807) is 0 Å². The van der Waals surface area contributed by atoms with E-state index in [-0.39, 0.29) is 16.6 Å². The molecule has 3 nitrogen and oxygen atoms in total. The summed E-state index contributed by atoms with van der Waals surface area (Å²) >= 11 is 0. The van der Waals surface area contributed by atoms with Crippen molar-refractivity contribution in [1.82, 2.24) is 0 Å². The lowest BCUT2D eigenvalue weighted by Gasteiger charge is -2.62. The summed E-state index contributed by atoms with van der Waals surface area (Å²) < 4.78 is 0. The fourth-order valence-electron chi connectivity index (χ4n) is 7.07. The molecular formula is C20H27NO2. The number of fused-ring (bicyclic) bond motifs is 5. The van der Waals surface area contributed by atoms with Gasteiger partial charge in [-0.3, -0.25) is 9.59 Å². The van der Waals surface area contributed by atoms with Crippen LogP contribution in [0.4, 0.5) is 0 Å². The van der Waals surface area contributed by atoms with E-state index in [0.717, 1.165) is 44.9 Å². The van der Waals surface area contributed by atoms with Gasteiger partial charge in [0.1, 0.15) is 11.6 Å². The van der Waals surface area contributed by atoms with Gasteiger partial charge < -0.3 is 0 Å². The molecule has 4 saturated carbocycles. The minimum absolute atomic E-state index is 0.0362. The number of nitrogens with zero attached hydrogens (tertiary/aromatic N) is 1. The Balaban J connectivity index is 1.73. The maximum atomic E-state index is 12.4. The highest BCUT2D eigenvalue weighted by molar-refractivity contribution is 5.87. The third-order valence-electron chi connectivity index (χ3n) is 8.60. The Morgan fingerprint density at radius 1 is 1.00 bits per heavy atom. The monoisotopic (exact) mass is 313 g/mol. The van der Waals surface area contributed by atoms with E-state index in [1.807, 2.05) is 0 Å². The summed E-state index contributed by atoms with van der Waals surface area (Å²) in [6.45, 7) is 4.49. The molecule has 0 aromatic carbocycles. The molecule has 0 aromatic heterocycles. The minimum atomic E-state index is -0.445. The molecule has 0 unspecified atom stereocenters. The SMILES string of the molecule is C[C@@]12CC[C@@H]3[C@@H](CC[C@@]4(C#N)CC(=O)CC[C@]34C)[C@@H]1CCC2=O. The Morgan fingerprint density at radius 2 is 1.78 bits per heavy atom. The van der Waals surface area contributed by atoms with Crippen LogP contribution < -0.4 is 0 Å². The van der Waals surface area contributed by atoms with Crippen LogP contribution in [0.25, 0.3) is 0 Å². The Morgan fingerprint density at radius 3 is 2.52 bits per heavy atom. The summed E-state index contributed by atoms with van der Waals surface area (Å²) in [6, 6.07) is 2.61. The third-order valence-corrected chi connectivity index (χ3v) is 8.60. The predicted octanol–water partition coefficient (Wildman–Crippen LogP) is 4.06. The molecule has 0 N–H and O–H groups in total. The fourth-order valence-corrected chi connectivity index (χ4v) is 7.07. The van der Waals surface area contributed by atoms with Gasteiger partial charge in [0.2, 0.25) is 0 Å². The van der Waals surface area contributed by atoms with Crippen molar-refractivity contribution in [2.24, 2.45) is 34.0 Å². The summed E-state index contributed by atoms with van der Waals surface area (Å²) in [5.74, 6) is 2.37. The topological polar surface area (TPSA) is 57.9 Å². The number of hydrogen-bond donors (Lipinski definition) is 0. The summed E-state index contributed by atoms with van der Waals surface area (Å²) in [6.07, 6.45) is 7.72. The standard InChI is InChI=1S/C20H27NO2/c1-18-8-7-16-14(15(18)3-4-17(18)23)6-10-20(12-21)11-13(22)5-9-19(16,20)2/h14-16H,3-11H2,1-2H3/t14-,15-,16+,18+,19+,20-/m0/s1. The van der Waals surface area contributed by atoms with Gasteiger partial charge in [-0.25, -0.2) is 0 Å². The molecule has 0 amide bonds. The lowest BCUT2D eigenvalue weighted by molar-refractivity contribution is -0.154. The van der Waals surface area contributed by atoms with Crippen molar-refractivity contribution in [3.8, 4) is 6.07 Å². The number of rotatable bonds is 0. The van der Waals surface area contributed by atoms with Crippen molar-refractivity contribution in [3.63, 3.8) is 0 Å². The summed E-state index contributed by atoms with van der Waals surface area (Å²) in [7, 11) is 0. The predicted molar refractivity (Wildman–Crippen MR) is 86.3 cm³/mol. The van der Waals surface area contributed by atoms with Crippen LogP contribution in [-0.2, 0) is 9.59 Å². The average molecular weight is 313 g/mol. The maximum Gasteiger partial charge on any atom is 0.139 e. The molecule has 0 aliphatic heterocycles. The number of carbonyl (C=O) groups is 2. The second-order valence-electron chi connectivity index (χ2n) is 9.16. The van der Waals surface area contributed by atoms with Gasteiger partial charge in [-0.2, -0.15) is 5.26 Å². The Hall–Kier alpha value is -1.17. The van der Waals surface area contributed by atoms with Crippen molar-refractivity contribution in [2.75, 3.05) is 0 Å². The van der Waals surface area contributed by atoms with Gasteiger partial charge in [-0.15, -0.1) is 0 Å². The molecule has 0 saturated heterocycles. The zero-order valence-corrected chi connectivity index (χ0v) is 14.4. The first-order valence-corrected chi connectivity index (χ1v) is 9.33. The Kier molecular flexibility index (Phi) is 3.13. The third kappa shape index (κ3) is 1.76. The second kappa shape index (κ2) is 4.68. The van der Waals surface area contributed by atoms with Gasteiger partial charge in [-0.05, 0) is 61.7 Å². The zero-order chi connectivity index (χ0) is 16.5. The molecule has 0 aromatic rings. The van der Waals surface area contributed by atoms with Gasteiger partial charge in [0.15, 0.2) is 0 Å². The van der Waals surface area contributed by atoms with Gasteiger partial charge >= 0.3 is 0 Å². The number of hydrogen-bond acceptors (Lipinski definition) is 3. The minimum Gasteiger partial charge on any atom is -0.300 e. The van der Waals surface area contributed by atoms with E-state index in [1.165, 1.54) is 0 Å². The molecule has 23 heavy (non-hydrogen) atoms. The molecule has 4 rings (SSSR count). The summed E-state index contributed by atoms with van der Waals surface area (Å²) in [4.78, 5) is 24.5. The first-order chi connectivity index (χ1) is 10.9. The first-order valence-electron chi connectivity index (χ1n) is 9.33. The van der Waals surface area contributed by atoms with Crippen molar-refractivity contribution >= 4 is 11.6 Å².